The zero-order valence-electron chi connectivity index (χ0n) is 7.80. The molecule has 4 nitrogen and oxygen atoms in total. The van der Waals surface area contributed by atoms with Crippen LogP contribution in [0.25, 0.3) is 0 Å². The second kappa shape index (κ2) is 4.97. The zero-order chi connectivity index (χ0) is 10.4. The van der Waals surface area contributed by atoms with E-state index in [1.807, 2.05) is 0 Å². The minimum absolute atomic E-state index is 0.198. The highest BCUT2D eigenvalue weighted by molar-refractivity contribution is 5.53. The summed E-state index contributed by atoms with van der Waals surface area (Å²) in [4.78, 5) is 14.2. The molecule has 1 rings (SSSR count). The van der Waals surface area contributed by atoms with E-state index in [1.54, 1.807) is 18.3 Å². The summed E-state index contributed by atoms with van der Waals surface area (Å²) in [6.07, 6.45) is 2.49. The van der Waals surface area contributed by atoms with Crippen LogP contribution in [0.1, 0.15) is 17.9 Å². The van der Waals surface area contributed by atoms with Gasteiger partial charge in [0.2, 0.25) is 5.88 Å². The van der Waals surface area contributed by atoms with Gasteiger partial charge in [0.1, 0.15) is 6.29 Å². The molecule has 1 unspecified atom stereocenters. The Balaban J connectivity index is 2.93. The predicted octanol–water partition coefficient (Wildman–Crippen LogP) is 1.29. The van der Waals surface area contributed by atoms with E-state index in [9.17, 15) is 4.79 Å². The summed E-state index contributed by atoms with van der Waals surface area (Å²) in [7, 11) is 1.51. The molecular weight excluding hydrogens is 180 g/mol. The fraction of sp³-hybridized carbons (Fsp3) is 0.300. The third-order valence-electron chi connectivity index (χ3n) is 1.86. The van der Waals surface area contributed by atoms with Crippen LogP contribution in [0.5, 0.6) is 5.88 Å². The number of hydrogen-bond donors (Lipinski definition) is 0. The molecule has 0 fully saturated rings. The molecule has 1 heterocycles. The zero-order valence-corrected chi connectivity index (χ0v) is 7.80. The van der Waals surface area contributed by atoms with Crippen molar-refractivity contribution in [3.63, 3.8) is 0 Å². The van der Waals surface area contributed by atoms with Crippen LogP contribution in [-0.2, 0) is 4.79 Å². The van der Waals surface area contributed by atoms with Crippen LogP contribution in [0, 0.1) is 11.3 Å². The van der Waals surface area contributed by atoms with E-state index in [4.69, 9.17) is 10.00 Å². The average molecular weight is 190 g/mol. The molecule has 0 saturated carbocycles. The Kier molecular flexibility index (Phi) is 3.62. The monoisotopic (exact) mass is 190 g/mol. The first kappa shape index (κ1) is 10.2. The molecule has 72 valence electrons. The summed E-state index contributed by atoms with van der Waals surface area (Å²) >= 11 is 0. The van der Waals surface area contributed by atoms with Gasteiger partial charge >= 0.3 is 0 Å². The molecule has 4 heteroatoms. The van der Waals surface area contributed by atoms with Gasteiger partial charge in [-0.25, -0.2) is 4.98 Å². The first-order valence-corrected chi connectivity index (χ1v) is 4.15. The van der Waals surface area contributed by atoms with Gasteiger partial charge in [-0.3, -0.25) is 0 Å². The molecule has 1 atom stereocenters. The maximum absolute atomic E-state index is 10.3. The standard InChI is InChI=1S/C10H10N2O2/c1-14-10-6-8(2-4-12-10)9(7-11)3-5-13/h2,4-6,9H,3H2,1H3. The molecule has 1 aromatic heterocycles. The molecule has 1 aromatic rings. The molecule has 0 saturated heterocycles. The van der Waals surface area contributed by atoms with Crippen molar-refractivity contribution in [2.24, 2.45) is 0 Å². The van der Waals surface area contributed by atoms with Crippen molar-refractivity contribution in [1.82, 2.24) is 4.98 Å². The van der Waals surface area contributed by atoms with Gasteiger partial charge < -0.3 is 9.53 Å². The number of aromatic nitrogens is 1. The van der Waals surface area contributed by atoms with Gasteiger partial charge in [-0.2, -0.15) is 5.26 Å². The molecular formula is C10H10N2O2. The van der Waals surface area contributed by atoms with E-state index in [0.717, 1.165) is 11.8 Å². The maximum Gasteiger partial charge on any atom is 0.213 e. The van der Waals surface area contributed by atoms with Crippen molar-refractivity contribution in [3.8, 4) is 11.9 Å². The summed E-state index contributed by atoms with van der Waals surface area (Å²) in [5, 5.41) is 8.80. The van der Waals surface area contributed by atoms with E-state index in [-0.39, 0.29) is 6.42 Å². The highest BCUT2D eigenvalue weighted by Crippen LogP contribution is 2.20. The average Bonchev–Trinajstić information content (AvgIpc) is 2.26. The lowest BCUT2D eigenvalue weighted by atomic mass is 9.99. The van der Waals surface area contributed by atoms with Crippen LogP contribution in [0.3, 0.4) is 0 Å². The Labute approximate surface area is 82.1 Å². The number of carbonyl (C=O) groups excluding carboxylic acids is 1. The SMILES string of the molecule is COc1cc(C(C#N)CC=O)ccn1. The quantitative estimate of drug-likeness (QED) is 0.671. The van der Waals surface area contributed by atoms with Crippen molar-refractivity contribution in [2.75, 3.05) is 7.11 Å². The van der Waals surface area contributed by atoms with E-state index in [1.165, 1.54) is 7.11 Å². The highest BCUT2D eigenvalue weighted by Gasteiger charge is 2.10. The number of carbonyl (C=O) groups is 1. The molecule has 0 bridgehead atoms. The number of pyridine rings is 1. The van der Waals surface area contributed by atoms with Crippen molar-refractivity contribution >= 4 is 6.29 Å². The van der Waals surface area contributed by atoms with Crippen molar-refractivity contribution in [2.45, 2.75) is 12.3 Å². The van der Waals surface area contributed by atoms with Gasteiger partial charge in [0.15, 0.2) is 0 Å². The van der Waals surface area contributed by atoms with Crippen LogP contribution in [-0.4, -0.2) is 18.4 Å². The first-order valence-electron chi connectivity index (χ1n) is 4.15. The van der Waals surface area contributed by atoms with Gasteiger partial charge in [0.25, 0.3) is 0 Å². The Bertz CT molecular complexity index is 357. The Morgan fingerprint density at radius 2 is 2.57 bits per heavy atom. The molecule has 0 aliphatic carbocycles. The summed E-state index contributed by atoms with van der Waals surface area (Å²) in [5.74, 6) is 0.0399. The molecule has 0 radical (unpaired) electrons. The molecule has 0 aliphatic rings. The summed E-state index contributed by atoms with van der Waals surface area (Å²) in [6.45, 7) is 0. The number of nitriles is 1. The molecule has 0 aromatic carbocycles. The fourth-order valence-electron chi connectivity index (χ4n) is 1.11. The van der Waals surface area contributed by atoms with Crippen molar-refractivity contribution < 1.29 is 9.53 Å². The molecule has 0 spiro atoms. The minimum atomic E-state index is -0.413. The minimum Gasteiger partial charge on any atom is -0.481 e. The predicted molar refractivity (Wildman–Crippen MR) is 49.8 cm³/mol. The van der Waals surface area contributed by atoms with Crippen LogP contribution < -0.4 is 4.74 Å². The van der Waals surface area contributed by atoms with Gasteiger partial charge in [-0.1, -0.05) is 0 Å². The summed E-state index contributed by atoms with van der Waals surface area (Å²) in [6, 6.07) is 5.43. The first-order chi connectivity index (χ1) is 6.81. The van der Waals surface area contributed by atoms with E-state index in [2.05, 4.69) is 11.1 Å². The smallest absolute Gasteiger partial charge is 0.213 e. The van der Waals surface area contributed by atoms with Crippen molar-refractivity contribution in [3.05, 3.63) is 23.9 Å². The third-order valence-corrected chi connectivity index (χ3v) is 1.86. The third kappa shape index (κ3) is 2.30. The number of rotatable bonds is 4. The van der Waals surface area contributed by atoms with Crippen LogP contribution in [0.4, 0.5) is 0 Å². The van der Waals surface area contributed by atoms with Crippen molar-refractivity contribution in [1.29, 1.82) is 5.26 Å². The number of methoxy groups -OCH3 is 1. The van der Waals surface area contributed by atoms with Crippen LogP contribution in [0.2, 0.25) is 0 Å². The van der Waals surface area contributed by atoms with Gasteiger partial charge in [0, 0.05) is 18.7 Å². The Morgan fingerprint density at radius 1 is 1.79 bits per heavy atom. The molecule has 0 amide bonds. The Morgan fingerprint density at radius 3 is 3.14 bits per heavy atom. The topological polar surface area (TPSA) is 63.0 Å². The largest absolute Gasteiger partial charge is 0.481 e. The van der Waals surface area contributed by atoms with Gasteiger partial charge in [-0.15, -0.1) is 0 Å². The number of hydrogen-bond acceptors (Lipinski definition) is 4. The molecule has 14 heavy (non-hydrogen) atoms. The summed E-state index contributed by atoms with van der Waals surface area (Å²) in [5.41, 5.74) is 0.756. The normalized spacial score (nSPS) is 11.4. The lowest BCUT2D eigenvalue weighted by molar-refractivity contribution is -0.107. The maximum atomic E-state index is 10.3. The Hall–Kier alpha value is -1.89. The van der Waals surface area contributed by atoms with E-state index < -0.39 is 5.92 Å². The second-order valence-corrected chi connectivity index (χ2v) is 2.72. The van der Waals surface area contributed by atoms with Crippen LogP contribution >= 0.6 is 0 Å². The lowest BCUT2D eigenvalue weighted by Gasteiger charge is -2.06. The van der Waals surface area contributed by atoms with Gasteiger partial charge in [0.05, 0.1) is 19.1 Å². The molecule has 0 aliphatic heterocycles. The lowest BCUT2D eigenvalue weighted by Crippen LogP contribution is -1.98. The van der Waals surface area contributed by atoms with E-state index >= 15 is 0 Å². The van der Waals surface area contributed by atoms with E-state index in [0.29, 0.717) is 5.88 Å². The fourth-order valence-corrected chi connectivity index (χ4v) is 1.11. The number of ether oxygens (including phenoxy) is 1. The summed E-state index contributed by atoms with van der Waals surface area (Å²) < 4.78 is 4.92. The van der Waals surface area contributed by atoms with Gasteiger partial charge in [-0.05, 0) is 11.6 Å². The number of nitrogens with zero attached hydrogens (tertiary/aromatic N) is 2. The molecule has 0 N–H and O–H groups in total. The van der Waals surface area contributed by atoms with Crippen LogP contribution in [0.15, 0.2) is 18.3 Å². The highest BCUT2D eigenvalue weighted by atomic mass is 16.5. The number of aldehydes is 1. The second-order valence-electron chi connectivity index (χ2n) is 2.72.